The van der Waals surface area contributed by atoms with Gasteiger partial charge in [-0.15, -0.1) is 0 Å². The molecule has 84 valence electrons. The molecule has 16 heavy (non-hydrogen) atoms. The van der Waals surface area contributed by atoms with Crippen LogP contribution < -0.4 is 0 Å². The number of hydrogen-bond acceptors (Lipinski definition) is 5. The number of carbonyl (C=O) groups excluding carboxylic acids is 2. The van der Waals surface area contributed by atoms with Crippen molar-refractivity contribution < 1.29 is 24.5 Å². The highest BCUT2D eigenvalue weighted by Gasteiger charge is 2.06. The first kappa shape index (κ1) is 11.8. The van der Waals surface area contributed by atoms with E-state index in [0.29, 0.717) is 6.29 Å². The monoisotopic (exact) mass is 222 g/mol. The topological polar surface area (TPSA) is 83.8 Å². The van der Waals surface area contributed by atoms with Crippen LogP contribution in [0.15, 0.2) is 18.2 Å². The summed E-state index contributed by atoms with van der Waals surface area (Å²) in [6, 6.07) is 2.29. The first-order valence-electron chi connectivity index (χ1n) is 4.35. The second-order valence-corrected chi connectivity index (χ2v) is 2.94. The van der Waals surface area contributed by atoms with Gasteiger partial charge in [0.15, 0.2) is 6.29 Å². The van der Waals surface area contributed by atoms with Gasteiger partial charge < -0.3 is 14.9 Å². The summed E-state index contributed by atoms with van der Waals surface area (Å²) >= 11 is 0. The van der Waals surface area contributed by atoms with Gasteiger partial charge in [0.05, 0.1) is 12.7 Å². The molecule has 0 radical (unpaired) electrons. The number of phenolic OH excluding ortho intramolecular Hbond substituents is 2. The standard InChI is InChI=1S/C11H10O5/c1-16-11(15)3-2-7-4-10(14)8(6-12)5-9(7)13/h2-6,13-14H,1H3/b3-2+. The zero-order valence-corrected chi connectivity index (χ0v) is 8.51. The third-order valence-corrected chi connectivity index (χ3v) is 1.90. The molecular weight excluding hydrogens is 212 g/mol. The summed E-state index contributed by atoms with van der Waals surface area (Å²) in [6.45, 7) is 0. The lowest BCUT2D eigenvalue weighted by atomic mass is 10.1. The summed E-state index contributed by atoms with van der Waals surface area (Å²) in [5, 5.41) is 18.8. The molecule has 0 bridgehead atoms. The highest BCUT2D eigenvalue weighted by atomic mass is 16.5. The summed E-state index contributed by atoms with van der Waals surface area (Å²) in [5.41, 5.74) is 0.196. The van der Waals surface area contributed by atoms with Crippen molar-refractivity contribution in [1.29, 1.82) is 0 Å². The van der Waals surface area contributed by atoms with Crippen LogP contribution in [0.3, 0.4) is 0 Å². The van der Waals surface area contributed by atoms with Crippen molar-refractivity contribution in [2.45, 2.75) is 0 Å². The van der Waals surface area contributed by atoms with Crippen LogP contribution in [-0.2, 0) is 9.53 Å². The Hall–Kier alpha value is -2.30. The lowest BCUT2D eigenvalue weighted by Crippen LogP contribution is -1.93. The largest absolute Gasteiger partial charge is 0.507 e. The van der Waals surface area contributed by atoms with Crippen molar-refractivity contribution in [2.75, 3.05) is 7.11 Å². The molecule has 0 aliphatic rings. The van der Waals surface area contributed by atoms with Crippen molar-refractivity contribution in [3.63, 3.8) is 0 Å². The van der Waals surface area contributed by atoms with Crippen molar-refractivity contribution >= 4 is 18.3 Å². The van der Waals surface area contributed by atoms with E-state index in [1.165, 1.54) is 19.3 Å². The van der Waals surface area contributed by atoms with E-state index in [1.54, 1.807) is 0 Å². The SMILES string of the molecule is COC(=O)/C=C/c1cc(O)c(C=O)cc1O. The van der Waals surface area contributed by atoms with E-state index in [0.717, 1.165) is 12.1 Å². The molecule has 1 aromatic rings. The van der Waals surface area contributed by atoms with Gasteiger partial charge in [-0.1, -0.05) is 0 Å². The Morgan fingerprint density at radius 2 is 1.81 bits per heavy atom. The van der Waals surface area contributed by atoms with Crippen LogP contribution in [-0.4, -0.2) is 29.6 Å². The highest BCUT2D eigenvalue weighted by molar-refractivity contribution is 5.88. The molecule has 0 amide bonds. The molecule has 2 N–H and O–H groups in total. The number of phenols is 2. The Morgan fingerprint density at radius 3 is 2.38 bits per heavy atom. The van der Waals surface area contributed by atoms with E-state index in [9.17, 15) is 19.8 Å². The van der Waals surface area contributed by atoms with E-state index in [4.69, 9.17) is 0 Å². The molecule has 5 nitrogen and oxygen atoms in total. The minimum absolute atomic E-state index is 0.0206. The molecule has 0 aliphatic carbocycles. The molecule has 1 rings (SSSR count). The highest BCUT2D eigenvalue weighted by Crippen LogP contribution is 2.26. The fourth-order valence-corrected chi connectivity index (χ4v) is 1.06. The van der Waals surface area contributed by atoms with Gasteiger partial charge in [-0.25, -0.2) is 4.79 Å². The van der Waals surface area contributed by atoms with Gasteiger partial charge in [0, 0.05) is 11.6 Å². The van der Waals surface area contributed by atoms with Crippen LogP contribution in [0, 0.1) is 0 Å². The summed E-state index contributed by atoms with van der Waals surface area (Å²) in [6.07, 6.45) is 2.79. The summed E-state index contributed by atoms with van der Waals surface area (Å²) in [7, 11) is 1.22. The molecule has 0 atom stereocenters. The number of hydrogen-bond donors (Lipinski definition) is 2. The first-order chi connectivity index (χ1) is 7.58. The minimum atomic E-state index is -0.585. The van der Waals surface area contributed by atoms with E-state index in [-0.39, 0.29) is 22.6 Å². The number of aromatic hydroxyl groups is 2. The maximum absolute atomic E-state index is 10.8. The van der Waals surface area contributed by atoms with Crippen molar-refractivity contribution in [1.82, 2.24) is 0 Å². The smallest absolute Gasteiger partial charge is 0.330 e. The van der Waals surface area contributed by atoms with Crippen molar-refractivity contribution in [3.05, 3.63) is 29.3 Å². The molecule has 0 aromatic heterocycles. The average Bonchev–Trinajstić information content (AvgIpc) is 2.29. The van der Waals surface area contributed by atoms with E-state index in [2.05, 4.69) is 4.74 Å². The van der Waals surface area contributed by atoms with Crippen LogP contribution in [0.2, 0.25) is 0 Å². The number of aldehydes is 1. The Bertz CT molecular complexity index is 448. The first-order valence-corrected chi connectivity index (χ1v) is 4.35. The summed E-state index contributed by atoms with van der Waals surface area (Å²) < 4.78 is 4.36. The zero-order chi connectivity index (χ0) is 12.1. The fourth-order valence-electron chi connectivity index (χ4n) is 1.06. The van der Waals surface area contributed by atoms with Gasteiger partial charge >= 0.3 is 5.97 Å². The number of rotatable bonds is 3. The maximum Gasteiger partial charge on any atom is 0.330 e. The average molecular weight is 222 g/mol. The van der Waals surface area contributed by atoms with Crippen LogP contribution in [0.5, 0.6) is 11.5 Å². The number of methoxy groups -OCH3 is 1. The maximum atomic E-state index is 10.8. The lowest BCUT2D eigenvalue weighted by molar-refractivity contribution is -0.134. The van der Waals surface area contributed by atoms with Crippen LogP contribution in [0.4, 0.5) is 0 Å². The van der Waals surface area contributed by atoms with Crippen molar-refractivity contribution in [3.8, 4) is 11.5 Å². The molecule has 0 aliphatic heterocycles. The Labute approximate surface area is 91.6 Å². The van der Waals surface area contributed by atoms with Gasteiger partial charge in [0.25, 0.3) is 0 Å². The molecule has 1 aromatic carbocycles. The van der Waals surface area contributed by atoms with Crippen molar-refractivity contribution in [2.24, 2.45) is 0 Å². The molecule has 0 heterocycles. The molecule has 0 saturated heterocycles. The predicted molar refractivity (Wildman–Crippen MR) is 56.2 cm³/mol. The summed E-state index contributed by atoms with van der Waals surface area (Å²) in [5.74, 6) is -1.06. The van der Waals surface area contributed by atoms with Crippen LogP contribution in [0.25, 0.3) is 6.08 Å². The zero-order valence-electron chi connectivity index (χ0n) is 8.51. The number of ether oxygens (including phenoxy) is 1. The third-order valence-electron chi connectivity index (χ3n) is 1.90. The Kier molecular flexibility index (Phi) is 3.66. The minimum Gasteiger partial charge on any atom is -0.507 e. The third kappa shape index (κ3) is 2.60. The molecule has 0 fully saturated rings. The Morgan fingerprint density at radius 1 is 1.25 bits per heavy atom. The van der Waals surface area contributed by atoms with Gasteiger partial charge in [0.2, 0.25) is 0 Å². The summed E-state index contributed by atoms with van der Waals surface area (Å²) in [4.78, 5) is 21.2. The molecular formula is C11H10O5. The van der Waals surface area contributed by atoms with Gasteiger partial charge in [0.1, 0.15) is 11.5 Å². The van der Waals surface area contributed by atoms with Gasteiger partial charge in [-0.05, 0) is 18.2 Å². The van der Waals surface area contributed by atoms with Crippen LogP contribution in [0.1, 0.15) is 15.9 Å². The van der Waals surface area contributed by atoms with Crippen LogP contribution >= 0.6 is 0 Å². The molecule has 0 spiro atoms. The lowest BCUT2D eigenvalue weighted by Gasteiger charge is -2.02. The predicted octanol–water partition coefficient (Wildman–Crippen LogP) is 1.10. The van der Waals surface area contributed by atoms with Gasteiger partial charge in [-0.3, -0.25) is 4.79 Å². The molecule has 0 saturated carbocycles. The quantitative estimate of drug-likeness (QED) is 0.346. The van der Waals surface area contributed by atoms with E-state index >= 15 is 0 Å². The number of carbonyl (C=O) groups is 2. The molecule has 0 unspecified atom stereocenters. The second-order valence-electron chi connectivity index (χ2n) is 2.94. The fraction of sp³-hybridized carbons (Fsp3) is 0.0909. The van der Waals surface area contributed by atoms with E-state index in [1.807, 2.05) is 0 Å². The Balaban J connectivity index is 3.07. The normalized spacial score (nSPS) is 10.3. The van der Waals surface area contributed by atoms with E-state index < -0.39 is 5.97 Å². The number of esters is 1. The molecule has 5 heteroatoms. The van der Waals surface area contributed by atoms with Gasteiger partial charge in [-0.2, -0.15) is 0 Å². The number of benzene rings is 1. The second kappa shape index (κ2) is 4.97.